The molecule has 2 aromatic rings. The van der Waals surface area contributed by atoms with E-state index in [9.17, 15) is 4.79 Å². The van der Waals surface area contributed by atoms with Crippen molar-refractivity contribution in [3.63, 3.8) is 0 Å². The average Bonchev–Trinajstić information content (AvgIpc) is 2.80. The van der Waals surface area contributed by atoms with Gasteiger partial charge in [-0.05, 0) is 62.4 Å². The zero-order chi connectivity index (χ0) is 17.8. The summed E-state index contributed by atoms with van der Waals surface area (Å²) in [5.41, 5.74) is 5.71. The zero-order valence-corrected chi connectivity index (χ0v) is 15.5. The van der Waals surface area contributed by atoms with E-state index in [4.69, 9.17) is 0 Å². The fourth-order valence-electron chi connectivity index (χ4n) is 3.73. The Kier molecular flexibility index (Phi) is 5.42. The van der Waals surface area contributed by atoms with E-state index in [0.717, 1.165) is 25.1 Å². The normalized spacial score (nSPS) is 17.9. The molecule has 25 heavy (non-hydrogen) atoms. The van der Waals surface area contributed by atoms with E-state index in [1.54, 1.807) is 0 Å². The number of urea groups is 1. The van der Waals surface area contributed by atoms with Crippen molar-refractivity contribution in [2.75, 3.05) is 11.9 Å². The summed E-state index contributed by atoms with van der Waals surface area (Å²) < 4.78 is 0. The number of nitrogens with one attached hydrogen (secondary N) is 1. The van der Waals surface area contributed by atoms with Crippen LogP contribution >= 0.6 is 0 Å². The van der Waals surface area contributed by atoms with Crippen molar-refractivity contribution in [1.82, 2.24) is 4.90 Å². The fourth-order valence-corrected chi connectivity index (χ4v) is 3.73. The van der Waals surface area contributed by atoms with Gasteiger partial charge in [-0.2, -0.15) is 0 Å². The van der Waals surface area contributed by atoms with E-state index in [1.807, 2.05) is 17.0 Å². The largest absolute Gasteiger partial charge is 0.322 e. The molecular formula is C22H28N2O. The van der Waals surface area contributed by atoms with Crippen LogP contribution in [0, 0.1) is 20.8 Å². The molecule has 1 heterocycles. The van der Waals surface area contributed by atoms with Crippen molar-refractivity contribution in [3.8, 4) is 0 Å². The Hall–Kier alpha value is -2.29. The molecule has 0 saturated carbocycles. The van der Waals surface area contributed by atoms with E-state index < -0.39 is 0 Å². The summed E-state index contributed by atoms with van der Waals surface area (Å²) in [6, 6.07) is 15.0. The number of carbonyl (C=O) groups is 1. The maximum Gasteiger partial charge on any atom is 0.322 e. The standard InChI is InChI=1S/C22H28N2O/c1-16-8-10-19(11-9-16)21-7-5-4-6-12-24(21)22(25)23-20-14-17(2)13-18(3)15-20/h8-11,13-15,21H,4-7,12H2,1-3H3,(H,23,25)/t21-/m0/s1. The van der Waals surface area contributed by atoms with Crippen LogP contribution in [0.5, 0.6) is 0 Å². The van der Waals surface area contributed by atoms with Crippen LogP contribution in [0.1, 0.15) is 54.0 Å². The minimum absolute atomic E-state index is 0.0116. The van der Waals surface area contributed by atoms with Gasteiger partial charge in [0.15, 0.2) is 0 Å². The summed E-state index contributed by atoms with van der Waals surface area (Å²) in [6.45, 7) is 7.03. The number of anilines is 1. The van der Waals surface area contributed by atoms with E-state index in [-0.39, 0.29) is 12.1 Å². The van der Waals surface area contributed by atoms with Gasteiger partial charge in [-0.1, -0.05) is 48.7 Å². The Morgan fingerprint density at radius 2 is 1.60 bits per heavy atom. The smallest absolute Gasteiger partial charge is 0.317 e. The number of hydrogen-bond acceptors (Lipinski definition) is 1. The van der Waals surface area contributed by atoms with Crippen molar-refractivity contribution in [2.45, 2.75) is 52.5 Å². The van der Waals surface area contributed by atoms with Gasteiger partial charge >= 0.3 is 6.03 Å². The minimum Gasteiger partial charge on any atom is -0.317 e. The van der Waals surface area contributed by atoms with Crippen LogP contribution in [-0.4, -0.2) is 17.5 Å². The summed E-state index contributed by atoms with van der Waals surface area (Å²) in [6.07, 6.45) is 4.47. The van der Waals surface area contributed by atoms with Crippen LogP contribution in [0.3, 0.4) is 0 Å². The number of aryl methyl sites for hydroxylation is 3. The predicted octanol–water partition coefficient (Wildman–Crippen LogP) is 5.76. The van der Waals surface area contributed by atoms with Gasteiger partial charge in [0, 0.05) is 12.2 Å². The lowest BCUT2D eigenvalue weighted by Crippen LogP contribution is -2.38. The predicted molar refractivity (Wildman–Crippen MR) is 104 cm³/mol. The van der Waals surface area contributed by atoms with Gasteiger partial charge < -0.3 is 10.2 Å². The molecule has 1 fully saturated rings. The molecule has 132 valence electrons. The molecule has 0 spiro atoms. The quantitative estimate of drug-likeness (QED) is 0.743. The Balaban J connectivity index is 1.82. The number of hydrogen-bond donors (Lipinski definition) is 1. The van der Waals surface area contributed by atoms with Crippen LogP contribution < -0.4 is 5.32 Å². The number of carbonyl (C=O) groups excluding carboxylic acids is 1. The maximum atomic E-state index is 13.0. The number of benzene rings is 2. The van der Waals surface area contributed by atoms with Crippen LogP contribution in [-0.2, 0) is 0 Å². The van der Waals surface area contributed by atoms with E-state index in [1.165, 1.54) is 35.1 Å². The van der Waals surface area contributed by atoms with Gasteiger partial charge in [0.05, 0.1) is 6.04 Å². The van der Waals surface area contributed by atoms with Crippen LogP contribution in [0.15, 0.2) is 42.5 Å². The molecule has 1 saturated heterocycles. The highest BCUT2D eigenvalue weighted by Crippen LogP contribution is 2.31. The molecule has 3 rings (SSSR count). The SMILES string of the molecule is Cc1ccc([C@@H]2CCCCCN2C(=O)Nc2cc(C)cc(C)c2)cc1. The Morgan fingerprint density at radius 3 is 2.28 bits per heavy atom. The maximum absolute atomic E-state index is 13.0. The first kappa shape index (κ1) is 17.5. The third-order valence-electron chi connectivity index (χ3n) is 4.95. The highest BCUT2D eigenvalue weighted by atomic mass is 16.2. The van der Waals surface area contributed by atoms with Crippen molar-refractivity contribution < 1.29 is 4.79 Å². The van der Waals surface area contributed by atoms with Gasteiger partial charge in [-0.15, -0.1) is 0 Å². The first-order valence-electron chi connectivity index (χ1n) is 9.25. The van der Waals surface area contributed by atoms with E-state index in [0.29, 0.717) is 0 Å². The molecule has 2 amide bonds. The highest BCUT2D eigenvalue weighted by Gasteiger charge is 2.26. The summed E-state index contributed by atoms with van der Waals surface area (Å²) in [5, 5.41) is 3.12. The van der Waals surface area contributed by atoms with Crippen molar-refractivity contribution >= 4 is 11.7 Å². The van der Waals surface area contributed by atoms with E-state index in [2.05, 4.69) is 56.4 Å². The Labute approximate surface area is 151 Å². The number of nitrogens with zero attached hydrogens (tertiary/aromatic N) is 1. The molecule has 3 heteroatoms. The van der Waals surface area contributed by atoms with Crippen LogP contribution in [0.25, 0.3) is 0 Å². The molecule has 0 aliphatic carbocycles. The summed E-state index contributed by atoms with van der Waals surface area (Å²) in [7, 11) is 0. The number of amides is 2. The number of rotatable bonds is 2. The molecule has 0 unspecified atom stereocenters. The molecule has 2 aromatic carbocycles. The molecule has 1 atom stereocenters. The third kappa shape index (κ3) is 4.41. The lowest BCUT2D eigenvalue weighted by atomic mass is 10.00. The molecule has 0 radical (unpaired) electrons. The second kappa shape index (κ2) is 7.73. The topological polar surface area (TPSA) is 32.3 Å². The van der Waals surface area contributed by atoms with Crippen molar-refractivity contribution in [1.29, 1.82) is 0 Å². The zero-order valence-electron chi connectivity index (χ0n) is 15.5. The minimum atomic E-state index is 0.0116. The van der Waals surface area contributed by atoms with Gasteiger partial charge in [0.2, 0.25) is 0 Å². The molecule has 0 bridgehead atoms. The molecule has 1 aliphatic rings. The molecule has 1 N–H and O–H groups in total. The fraction of sp³-hybridized carbons (Fsp3) is 0.409. The second-order valence-electron chi connectivity index (χ2n) is 7.28. The Bertz CT molecular complexity index is 716. The first-order valence-corrected chi connectivity index (χ1v) is 9.25. The average molecular weight is 336 g/mol. The molecule has 0 aromatic heterocycles. The Morgan fingerprint density at radius 1 is 0.920 bits per heavy atom. The molecule has 3 nitrogen and oxygen atoms in total. The third-order valence-corrected chi connectivity index (χ3v) is 4.95. The second-order valence-corrected chi connectivity index (χ2v) is 7.28. The lowest BCUT2D eigenvalue weighted by molar-refractivity contribution is 0.189. The monoisotopic (exact) mass is 336 g/mol. The van der Waals surface area contributed by atoms with Gasteiger partial charge in [0.1, 0.15) is 0 Å². The van der Waals surface area contributed by atoms with E-state index >= 15 is 0 Å². The number of likely N-dealkylation sites (tertiary alicyclic amines) is 1. The summed E-state index contributed by atoms with van der Waals surface area (Å²) >= 11 is 0. The van der Waals surface area contributed by atoms with Gasteiger partial charge in [-0.25, -0.2) is 4.79 Å². The summed E-state index contributed by atoms with van der Waals surface area (Å²) in [5.74, 6) is 0. The van der Waals surface area contributed by atoms with Crippen LogP contribution in [0.4, 0.5) is 10.5 Å². The van der Waals surface area contributed by atoms with Gasteiger partial charge in [-0.3, -0.25) is 0 Å². The van der Waals surface area contributed by atoms with Gasteiger partial charge in [0.25, 0.3) is 0 Å². The van der Waals surface area contributed by atoms with Crippen LogP contribution in [0.2, 0.25) is 0 Å². The van der Waals surface area contributed by atoms with Crippen molar-refractivity contribution in [3.05, 3.63) is 64.7 Å². The van der Waals surface area contributed by atoms with Crippen molar-refractivity contribution in [2.24, 2.45) is 0 Å². The molecular weight excluding hydrogens is 308 g/mol. The lowest BCUT2D eigenvalue weighted by Gasteiger charge is -2.30. The molecule has 1 aliphatic heterocycles. The first-order chi connectivity index (χ1) is 12.0. The summed E-state index contributed by atoms with van der Waals surface area (Å²) in [4.78, 5) is 15.0. The highest BCUT2D eigenvalue weighted by molar-refractivity contribution is 5.89.